The number of nitrogens with one attached hydrogen (secondary N) is 2. The Morgan fingerprint density at radius 3 is 2.11 bits per heavy atom. The molecule has 2 amide bonds. The summed E-state index contributed by atoms with van der Waals surface area (Å²) < 4.78 is 15.9. The number of rotatable bonds is 10. The van der Waals surface area contributed by atoms with Crippen molar-refractivity contribution in [3.8, 4) is 17.2 Å². The second-order valence-corrected chi connectivity index (χ2v) is 6.04. The molecule has 7 nitrogen and oxygen atoms in total. The van der Waals surface area contributed by atoms with E-state index >= 15 is 0 Å². The van der Waals surface area contributed by atoms with Crippen molar-refractivity contribution < 1.29 is 23.8 Å². The molecule has 0 radical (unpaired) electrons. The maximum atomic E-state index is 12.1. The Bertz CT molecular complexity index is 768. The summed E-state index contributed by atoms with van der Waals surface area (Å²) in [6.07, 6.45) is 0.874. The van der Waals surface area contributed by atoms with Gasteiger partial charge in [0.15, 0.2) is 11.5 Å². The van der Waals surface area contributed by atoms with Gasteiger partial charge in [0.2, 0.25) is 11.7 Å². The van der Waals surface area contributed by atoms with Crippen LogP contribution in [0.4, 0.5) is 0 Å². The van der Waals surface area contributed by atoms with Gasteiger partial charge in [0, 0.05) is 25.1 Å². The summed E-state index contributed by atoms with van der Waals surface area (Å²) in [4.78, 5) is 24.0. The maximum Gasteiger partial charge on any atom is 0.251 e. The van der Waals surface area contributed by atoms with Gasteiger partial charge in [-0.05, 0) is 36.2 Å². The minimum Gasteiger partial charge on any atom is -0.493 e. The van der Waals surface area contributed by atoms with Crippen LogP contribution in [-0.2, 0) is 11.3 Å². The molecule has 0 aliphatic rings. The van der Waals surface area contributed by atoms with Crippen LogP contribution in [0.2, 0.25) is 0 Å². The van der Waals surface area contributed by atoms with Crippen molar-refractivity contribution in [3.05, 3.63) is 53.6 Å². The van der Waals surface area contributed by atoms with Crippen LogP contribution in [0.5, 0.6) is 17.2 Å². The minimum absolute atomic E-state index is 0.0947. The molecule has 0 aliphatic heterocycles. The molecule has 0 aromatic heterocycles. The number of hydrogen-bond donors (Lipinski definition) is 2. The van der Waals surface area contributed by atoms with Gasteiger partial charge in [-0.25, -0.2) is 0 Å². The molecule has 0 fully saturated rings. The largest absolute Gasteiger partial charge is 0.493 e. The Morgan fingerprint density at radius 2 is 1.54 bits per heavy atom. The number of methoxy groups -OCH3 is 3. The first-order valence-electron chi connectivity index (χ1n) is 8.97. The third kappa shape index (κ3) is 5.90. The second kappa shape index (κ2) is 10.8. The summed E-state index contributed by atoms with van der Waals surface area (Å²) in [5.74, 6) is 1.35. The molecule has 7 heteroatoms. The molecule has 0 spiro atoms. The molecule has 0 saturated carbocycles. The van der Waals surface area contributed by atoms with Crippen LogP contribution in [0.3, 0.4) is 0 Å². The fraction of sp³-hybridized carbons (Fsp3) is 0.333. The number of ether oxygens (including phenoxy) is 3. The zero-order chi connectivity index (χ0) is 20.4. The van der Waals surface area contributed by atoms with E-state index < -0.39 is 0 Å². The van der Waals surface area contributed by atoms with Crippen molar-refractivity contribution in [2.75, 3.05) is 27.9 Å². The molecule has 0 aliphatic carbocycles. The summed E-state index contributed by atoms with van der Waals surface area (Å²) >= 11 is 0. The lowest BCUT2D eigenvalue weighted by atomic mass is 10.1. The lowest BCUT2D eigenvalue weighted by Gasteiger charge is -2.14. The maximum absolute atomic E-state index is 12.1. The summed E-state index contributed by atoms with van der Waals surface area (Å²) in [6.45, 7) is 0.775. The van der Waals surface area contributed by atoms with E-state index in [2.05, 4.69) is 10.6 Å². The van der Waals surface area contributed by atoms with Crippen LogP contribution in [-0.4, -0.2) is 39.7 Å². The first-order valence-corrected chi connectivity index (χ1v) is 8.97. The van der Waals surface area contributed by atoms with Gasteiger partial charge >= 0.3 is 0 Å². The van der Waals surface area contributed by atoms with Gasteiger partial charge in [0.1, 0.15) is 0 Å². The van der Waals surface area contributed by atoms with Gasteiger partial charge in [0.25, 0.3) is 5.91 Å². The van der Waals surface area contributed by atoms with E-state index in [1.807, 2.05) is 18.2 Å². The molecule has 0 heterocycles. The Labute approximate surface area is 165 Å². The van der Waals surface area contributed by atoms with Crippen molar-refractivity contribution in [3.63, 3.8) is 0 Å². The first kappa shape index (κ1) is 21.1. The highest BCUT2D eigenvalue weighted by atomic mass is 16.5. The lowest BCUT2D eigenvalue weighted by Crippen LogP contribution is -2.27. The van der Waals surface area contributed by atoms with Crippen LogP contribution >= 0.6 is 0 Å². The van der Waals surface area contributed by atoms with Gasteiger partial charge in [0.05, 0.1) is 21.3 Å². The highest BCUT2D eigenvalue weighted by molar-refractivity contribution is 5.94. The second-order valence-electron chi connectivity index (χ2n) is 6.04. The predicted molar refractivity (Wildman–Crippen MR) is 106 cm³/mol. The molecule has 0 bridgehead atoms. The average molecular weight is 386 g/mol. The Morgan fingerprint density at radius 1 is 0.893 bits per heavy atom. The zero-order valence-corrected chi connectivity index (χ0v) is 16.4. The molecule has 0 saturated heterocycles. The van der Waals surface area contributed by atoms with Crippen LogP contribution in [0.1, 0.15) is 28.8 Å². The molecule has 2 aromatic rings. The van der Waals surface area contributed by atoms with Crippen molar-refractivity contribution >= 4 is 11.8 Å². The molecule has 150 valence electrons. The van der Waals surface area contributed by atoms with Gasteiger partial charge < -0.3 is 24.8 Å². The summed E-state index contributed by atoms with van der Waals surface area (Å²) in [5, 5.41) is 5.66. The number of carbonyl (C=O) groups excluding carboxylic acids is 2. The Balaban J connectivity index is 1.77. The number of benzene rings is 2. The Kier molecular flexibility index (Phi) is 8.14. The summed E-state index contributed by atoms with van der Waals surface area (Å²) in [5.41, 5.74) is 1.44. The van der Waals surface area contributed by atoms with Crippen molar-refractivity contribution in [1.82, 2.24) is 10.6 Å². The SMILES string of the molecule is COc1cc(CNC(=O)CCCNC(=O)c2ccccc2)cc(OC)c1OC. The fourth-order valence-corrected chi connectivity index (χ4v) is 2.67. The predicted octanol–water partition coefficient (Wildman–Crippen LogP) is 2.54. The molecule has 0 atom stereocenters. The quantitative estimate of drug-likeness (QED) is 0.613. The third-order valence-corrected chi connectivity index (χ3v) is 4.12. The van der Waals surface area contributed by atoms with E-state index in [1.165, 1.54) is 0 Å². The summed E-state index contributed by atoms with van der Waals surface area (Å²) in [7, 11) is 4.63. The van der Waals surface area contributed by atoms with Gasteiger partial charge in [-0.15, -0.1) is 0 Å². The summed E-state index contributed by atoms with van der Waals surface area (Å²) in [6, 6.07) is 12.6. The number of amides is 2. The monoisotopic (exact) mass is 386 g/mol. The molecule has 28 heavy (non-hydrogen) atoms. The minimum atomic E-state index is -0.140. The lowest BCUT2D eigenvalue weighted by molar-refractivity contribution is -0.121. The number of hydrogen-bond acceptors (Lipinski definition) is 5. The van der Waals surface area contributed by atoms with Crippen LogP contribution < -0.4 is 24.8 Å². The normalized spacial score (nSPS) is 10.1. The zero-order valence-electron chi connectivity index (χ0n) is 16.4. The highest BCUT2D eigenvalue weighted by Gasteiger charge is 2.13. The smallest absolute Gasteiger partial charge is 0.251 e. The fourth-order valence-electron chi connectivity index (χ4n) is 2.67. The molecular weight excluding hydrogens is 360 g/mol. The van der Waals surface area contributed by atoms with Crippen LogP contribution in [0, 0.1) is 0 Å². The van der Waals surface area contributed by atoms with Crippen molar-refractivity contribution in [1.29, 1.82) is 0 Å². The third-order valence-electron chi connectivity index (χ3n) is 4.12. The highest BCUT2D eigenvalue weighted by Crippen LogP contribution is 2.38. The topological polar surface area (TPSA) is 85.9 Å². The first-order chi connectivity index (χ1) is 13.6. The molecule has 2 rings (SSSR count). The van der Waals surface area contributed by atoms with E-state index in [0.29, 0.717) is 48.7 Å². The Hall–Kier alpha value is -3.22. The van der Waals surface area contributed by atoms with Crippen molar-refractivity contribution in [2.45, 2.75) is 19.4 Å². The van der Waals surface area contributed by atoms with E-state index in [1.54, 1.807) is 45.6 Å². The molecule has 2 N–H and O–H groups in total. The van der Waals surface area contributed by atoms with Crippen LogP contribution in [0.25, 0.3) is 0 Å². The van der Waals surface area contributed by atoms with E-state index in [0.717, 1.165) is 5.56 Å². The van der Waals surface area contributed by atoms with E-state index in [9.17, 15) is 9.59 Å². The van der Waals surface area contributed by atoms with Gasteiger partial charge in [-0.3, -0.25) is 9.59 Å². The standard InChI is InChI=1S/C21H26N2O5/c1-26-17-12-15(13-18(27-2)20(17)28-3)14-23-19(24)10-7-11-22-21(25)16-8-5-4-6-9-16/h4-6,8-9,12-13H,7,10-11,14H2,1-3H3,(H,22,25)(H,23,24). The molecule has 2 aromatic carbocycles. The van der Waals surface area contributed by atoms with E-state index in [-0.39, 0.29) is 11.8 Å². The van der Waals surface area contributed by atoms with Gasteiger partial charge in [-0.2, -0.15) is 0 Å². The van der Waals surface area contributed by atoms with Crippen molar-refractivity contribution in [2.24, 2.45) is 0 Å². The average Bonchev–Trinajstić information content (AvgIpc) is 2.74. The van der Waals surface area contributed by atoms with Gasteiger partial charge in [-0.1, -0.05) is 18.2 Å². The number of carbonyl (C=O) groups is 2. The molecule has 0 unspecified atom stereocenters. The van der Waals surface area contributed by atoms with Crippen LogP contribution in [0.15, 0.2) is 42.5 Å². The van der Waals surface area contributed by atoms with E-state index in [4.69, 9.17) is 14.2 Å². The molecular formula is C21H26N2O5.